The molecule has 96 valence electrons. The van der Waals surface area contributed by atoms with E-state index in [0.29, 0.717) is 12.0 Å². The van der Waals surface area contributed by atoms with Crippen LogP contribution < -0.4 is 5.73 Å². The van der Waals surface area contributed by atoms with Crippen molar-refractivity contribution in [2.24, 2.45) is 11.7 Å². The van der Waals surface area contributed by atoms with Gasteiger partial charge < -0.3 is 10.3 Å². The second-order valence-electron chi connectivity index (χ2n) is 5.37. The molecule has 0 amide bonds. The third-order valence-corrected chi connectivity index (χ3v) is 3.74. The van der Waals surface area contributed by atoms with Crippen molar-refractivity contribution in [1.82, 2.24) is 14.5 Å². The lowest BCUT2D eigenvalue weighted by atomic mass is 10.1. The Labute approximate surface area is 107 Å². The van der Waals surface area contributed by atoms with Crippen LogP contribution in [0.3, 0.4) is 0 Å². The van der Waals surface area contributed by atoms with Crippen LogP contribution in [0.1, 0.15) is 38.1 Å². The fraction of sp³-hybridized carbons (Fsp3) is 0.571. The highest BCUT2D eigenvalue weighted by Crippen LogP contribution is 2.38. The summed E-state index contributed by atoms with van der Waals surface area (Å²) in [5.41, 5.74) is 7.95. The van der Waals surface area contributed by atoms with Crippen molar-refractivity contribution >= 4 is 11.0 Å². The number of aromatic nitrogens is 3. The van der Waals surface area contributed by atoms with Gasteiger partial charge in [0, 0.05) is 18.7 Å². The molecule has 2 aromatic heterocycles. The number of imidazole rings is 1. The number of fused-ring (bicyclic) bond motifs is 1. The van der Waals surface area contributed by atoms with E-state index in [-0.39, 0.29) is 0 Å². The molecule has 3 rings (SSSR count). The smallest absolute Gasteiger partial charge is 0.110 e. The van der Waals surface area contributed by atoms with Gasteiger partial charge in [-0.3, -0.25) is 4.98 Å². The van der Waals surface area contributed by atoms with Crippen molar-refractivity contribution in [3.8, 4) is 0 Å². The van der Waals surface area contributed by atoms with Gasteiger partial charge >= 0.3 is 0 Å². The van der Waals surface area contributed by atoms with Gasteiger partial charge in [-0.2, -0.15) is 0 Å². The molecular formula is C14H20N4. The lowest BCUT2D eigenvalue weighted by molar-refractivity contribution is 0.525. The van der Waals surface area contributed by atoms with E-state index in [2.05, 4.69) is 22.5 Å². The molecule has 0 aliphatic heterocycles. The lowest BCUT2D eigenvalue weighted by Gasteiger charge is -2.10. The van der Waals surface area contributed by atoms with E-state index in [1.54, 1.807) is 0 Å². The van der Waals surface area contributed by atoms with E-state index in [9.17, 15) is 0 Å². The molecule has 1 atom stereocenters. The Bertz CT molecular complexity index is 542. The number of rotatable bonds is 5. The minimum absolute atomic E-state index is 0.565. The summed E-state index contributed by atoms with van der Waals surface area (Å²) in [4.78, 5) is 8.90. The van der Waals surface area contributed by atoms with Crippen LogP contribution in [-0.4, -0.2) is 21.1 Å². The van der Waals surface area contributed by atoms with Gasteiger partial charge in [0.1, 0.15) is 11.3 Å². The molecular weight excluding hydrogens is 224 g/mol. The maximum Gasteiger partial charge on any atom is 0.110 e. The third kappa shape index (κ3) is 2.12. The minimum Gasteiger partial charge on any atom is -0.330 e. The largest absolute Gasteiger partial charge is 0.330 e. The van der Waals surface area contributed by atoms with E-state index in [0.717, 1.165) is 24.9 Å². The summed E-state index contributed by atoms with van der Waals surface area (Å²) in [6, 6.07) is 2.75. The molecule has 18 heavy (non-hydrogen) atoms. The van der Waals surface area contributed by atoms with Crippen LogP contribution in [0.15, 0.2) is 18.5 Å². The van der Waals surface area contributed by atoms with Crippen LogP contribution in [0.25, 0.3) is 11.0 Å². The van der Waals surface area contributed by atoms with Crippen molar-refractivity contribution in [3.05, 3.63) is 24.3 Å². The number of nitrogens with zero attached hydrogens (tertiary/aromatic N) is 3. The van der Waals surface area contributed by atoms with Gasteiger partial charge in [0.15, 0.2) is 0 Å². The zero-order valence-electron chi connectivity index (χ0n) is 10.8. The first-order valence-electron chi connectivity index (χ1n) is 6.80. The lowest BCUT2D eigenvalue weighted by Crippen LogP contribution is -2.12. The maximum absolute atomic E-state index is 5.68. The molecule has 1 aliphatic rings. The Morgan fingerprint density at radius 3 is 3.06 bits per heavy atom. The van der Waals surface area contributed by atoms with E-state index < -0.39 is 0 Å². The van der Waals surface area contributed by atoms with Crippen LogP contribution in [0.4, 0.5) is 0 Å². The van der Waals surface area contributed by atoms with Crippen molar-refractivity contribution in [1.29, 1.82) is 0 Å². The summed E-state index contributed by atoms with van der Waals surface area (Å²) >= 11 is 0. The van der Waals surface area contributed by atoms with Crippen LogP contribution in [0.5, 0.6) is 0 Å². The highest BCUT2D eigenvalue weighted by Gasteiger charge is 2.27. The zero-order chi connectivity index (χ0) is 12.5. The first-order valence-corrected chi connectivity index (χ1v) is 6.80. The van der Waals surface area contributed by atoms with E-state index >= 15 is 0 Å². The Balaban J connectivity index is 1.92. The molecule has 0 spiro atoms. The number of pyridine rings is 1. The third-order valence-electron chi connectivity index (χ3n) is 3.74. The van der Waals surface area contributed by atoms with Crippen molar-refractivity contribution in [2.45, 2.75) is 38.6 Å². The van der Waals surface area contributed by atoms with Crippen LogP contribution in [-0.2, 0) is 6.42 Å². The maximum atomic E-state index is 5.68. The summed E-state index contributed by atoms with van der Waals surface area (Å²) in [7, 11) is 0. The standard InChI is InChI=1S/C14H20N4/c1-10(8-15)2-5-14-17-12-9-16-7-6-13(12)18(14)11-3-4-11/h6-7,9-11H,2-5,8,15H2,1H3. The predicted octanol–water partition coefficient (Wildman–Crippen LogP) is 2.29. The van der Waals surface area contributed by atoms with Crippen LogP contribution >= 0.6 is 0 Å². The average molecular weight is 244 g/mol. The second kappa shape index (κ2) is 4.69. The minimum atomic E-state index is 0.565. The predicted molar refractivity (Wildman–Crippen MR) is 72.3 cm³/mol. The zero-order valence-corrected chi connectivity index (χ0v) is 10.8. The molecule has 1 unspecified atom stereocenters. The molecule has 2 aromatic rings. The summed E-state index contributed by atoms with van der Waals surface area (Å²) in [5.74, 6) is 1.77. The van der Waals surface area contributed by atoms with E-state index in [1.165, 1.54) is 24.2 Å². The first-order chi connectivity index (χ1) is 8.79. The van der Waals surface area contributed by atoms with Crippen LogP contribution in [0, 0.1) is 5.92 Å². The number of nitrogens with two attached hydrogens (primary N) is 1. The molecule has 1 aliphatic carbocycles. The summed E-state index contributed by atoms with van der Waals surface area (Å²) in [5, 5.41) is 0. The molecule has 1 saturated carbocycles. The SMILES string of the molecule is CC(CN)CCc1nc2cnccc2n1C1CC1. The van der Waals surface area contributed by atoms with Crippen LogP contribution in [0.2, 0.25) is 0 Å². The van der Waals surface area contributed by atoms with Gasteiger partial charge in [0.2, 0.25) is 0 Å². The topological polar surface area (TPSA) is 56.7 Å². The number of hydrogen-bond acceptors (Lipinski definition) is 3. The van der Waals surface area contributed by atoms with Gasteiger partial charge in [-0.15, -0.1) is 0 Å². The van der Waals surface area contributed by atoms with Crippen molar-refractivity contribution in [3.63, 3.8) is 0 Å². The normalized spacial score (nSPS) is 17.2. The molecule has 0 aromatic carbocycles. The van der Waals surface area contributed by atoms with Gasteiger partial charge in [-0.1, -0.05) is 6.92 Å². The van der Waals surface area contributed by atoms with E-state index in [1.807, 2.05) is 12.4 Å². The number of aryl methyl sites for hydroxylation is 1. The summed E-state index contributed by atoms with van der Waals surface area (Å²) in [6.07, 6.45) is 8.42. The molecule has 2 heterocycles. The van der Waals surface area contributed by atoms with Gasteiger partial charge in [0.25, 0.3) is 0 Å². The number of hydrogen-bond donors (Lipinski definition) is 1. The fourth-order valence-electron chi connectivity index (χ4n) is 2.41. The van der Waals surface area contributed by atoms with Gasteiger partial charge in [-0.25, -0.2) is 4.98 Å². The molecule has 0 bridgehead atoms. The Kier molecular flexibility index (Phi) is 3.04. The molecule has 2 N–H and O–H groups in total. The van der Waals surface area contributed by atoms with Crippen molar-refractivity contribution < 1.29 is 0 Å². The molecule has 0 radical (unpaired) electrons. The second-order valence-corrected chi connectivity index (χ2v) is 5.37. The summed E-state index contributed by atoms with van der Waals surface area (Å²) in [6.45, 7) is 2.96. The average Bonchev–Trinajstić information content (AvgIpc) is 3.16. The molecule has 4 heteroatoms. The molecule has 4 nitrogen and oxygen atoms in total. The van der Waals surface area contributed by atoms with E-state index in [4.69, 9.17) is 10.7 Å². The van der Waals surface area contributed by atoms with Crippen molar-refractivity contribution in [2.75, 3.05) is 6.54 Å². The Hall–Kier alpha value is -1.42. The Morgan fingerprint density at radius 1 is 1.50 bits per heavy atom. The monoisotopic (exact) mass is 244 g/mol. The fourth-order valence-corrected chi connectivity index (χ4v) is 2.41. The highest BCUT2D eigenvalue weighted by molar-refractivity contribution is 5.75. The molecule has 0 saturated heterocycles. The summed E-state index contributed by atoms with van der Waals surface area (Å²) < 4.78 is 2.42. The molecule has 1 fully saturated rings. The highest BCUT2D eigenvalue weighted by atomic mass is 15.1. The van der Waals surface area contributed by atoms with Gasteiger partial charge in [-0.05, 0) is 37.8 Å². The Morgan fingerprint density at radius 2 is 2.33 bits per heavy atom. The van der Waals surface area contributed by atoms with Gasteiger partial charge in [0.05, 0.1) is 11.7 Å². The first kappa shape index (κ1) is 11.7. The quantitative estimate of drug-likeness (QED) is 0.878.